The van der Waals surface area contributed by atoms with Crippen LogP contribution >= 0.6 is 0 Å². The molecule has 2 aromatic rings. The Hall–Kier alpha value is -1.92. The van der Waals surface area contributed by atoms with E-state index in [-0.39, 0.29) is 0 Å². The van der Waals surface area contributed by atoms with Crippen molar-refractivity contribution >= 4 is 22.3 Å². The van der Waals surface area contributed by atoms with Crippen LogP contribution in [-0.4, -0.2) is 41.8 Å². The average molecular weight is 331 g/mol. The van der Waals surface area contributed by atoms with Crippen LogP contribution < -0.4 is 10.2 Å². The van der Waals surface area contributed by atoms with Crippen LogP contribution in [0.3, 0.4) is 0 Å². The Morgan fingerprint density at radius 3 is 2.65 bits per heavy atom. The normalized spacial score (nSPS) is 16.1. The van der Waals surface area contributed by atoms with Crippen molar-refractivity contribution in [3.05, 3.63) is 48.2 Å². The maximum Gasteiger partial charge on any atom is 0.152 e. The molecule has 1 saturated heterocycles. The van der Waals surface area contributed by atoms with Crippen LogP contribution in [0, 0.1) is 0 Å². The van der Waals surface area contributed by atoms with E-state index in [1.807, 2.05) is 42.6 Å². The number of anilines is 2. The molecule has 3 rings (SSSR count). The summed E-state index contributed by atoms with van der Waals surface area (Å²) in [6.45, 7) is 3.92. The second-order valence-electron chi connectivity index (χ2n) is 5.43. The largest absolute Gasteiger partial charge is 0.378 e. The van der Waals surface area contributed by atoms with E-state index >= 15 is 0 Å². The van der Waals surface area contributed by atoms with Crippen LogP contribution in [0.5, 0.6) is 0 Å². The van der Waals surface area contributed by atoms with E-state index in [4.69, 9.17) is 4.74 Å². The quantitative estimate of drug-likeness (QED) is 0.911. The first-order chi connectivity index (χ1) is 11.2. The monoisotopic (exact) mass is 331 g/mol. The van der Waals surface area contributed by atoms with E-state index < -0.39 is 10.8 Å². The fraction of sp³-hybridized carbons (Fsp3) is 0.353. The van der Waals surface area contributed by atoms with E-state index in [2.05, 4.69) is 15.2 Å². The molecule has 1 aromatic heterocycles. The SMILES string of the molecule is C[S@@](=O)c1ccc(CNc2cccnc2N2CCOCC2)cc1. The zero-order valence-electron chi connectivity index (χ0n) is 13.2. The minimum Gasteiger partial charge on any atom is -0.378 e. The van der Waals surface area contributed by atoms with Gasteiger partial charge in [-0.15, -0.1) is 0 Å². The molecule has 0 amide bonds. The summed E-state index contributed by atoms with van der Waals surface area (Å²) in [5, 5.41) is 3.45. The van der Waals surface area contributed by atoms with Crippen molar-refractivity contribution in [3.8, 4) is 0 Å². The summed E-state index contributed by atoms with van der Waals surface area (Å²) in [6, 6.07) is 11.8. The van der Waals surface area contributed by atoms with Crippen molar-refractivity contribution < 1.29 is 8.95 Å². The van der Waals surface area contributed by atoms with Gasteiger partial charge in [0.25, 0.3) is 0 Å². The Kier molecular flexibility index (Phi) is 5.25. The molecule has 6 heteroatoms. The van der Waals surface area contributed by atoms with Crippen molar-refractivity contribution in [2.75, 3.05) is 42.8 Å². The highest BCUT2D eigenvalue weighted by Gasteiger charge is 2.15. The molecule has 0 saturated carbocycles. The number of ether oxygens (including phenoxy) is 1. The third-order valence-corrected chi connectivity index (χ3v) is 4.77. The molecule has 1 N–H and O–H groups in total. The van der Waals surface area contributed by atoms with Gasteiger partial charge in [0.2, 0.25) is 0 Å². The summed E-state index contributed by atoms with van der Waals surface area (Å²) in [7, 11) is -0.933. The number of benzene rings is 1. The van der Waals surface area contributed by atoms with Crippen molar-refractivity contribution in [1.29, 1.82) is 0 Å². The second kappa shape index (κ2) is 7.57. The summed E-state index contributed by atoms with van der Waals surface area (Å²) in [5.41, 5.74) is 2.17. The molecule has 1 atom stereocenters. The number of hydrogen-bond acceptors (Lipinski definition) is 5. The van der Waals surface area contributed by atoms with E-state index in [0.29, 0.717) is 6.54 Å². The Morgan fingerprint density at radius 1 is 1.22 bits per heavy atom. The van der Waals surface area contributed by atoms with Crippen molar-refractivity contribution in [2.24, 2.45) is 0 Å². The van der Waals surface area contributed by atoms with Crippen LogP contribution in [0.2, 0.25) is 0 Å². The van der Waals surface area contributed by atoms with Gasteiger partial charge in [0.05, 0.1) is 18.9 Å². The minimum atomic E-state index is -0.933. The zero-order valence-corrected chi connectivity index (χ0v) is 14.0. The molecular weight excluding hydrogens is 310 g/mol. The van der Waals surface area contributed by atoms with Gasteiger partial charge in [-0.2, -0.15) is 0 Å². The van der Waals surface area contributed by atoms with Crippen molar-refractivity contribution in [1.82, 2.24) is 4.98 Å². The van der Waals surface area contributed by atoms with Crippen molar-refractivity contribution in [3.63, 3.8) is 0 Å². The molecule has 23 heavy (non-hydrogen) atoms. The average Bonchev–Trinajstić information content (AvgIpc) is 2.61. The fourth-order valence-corrected chi connectivity index (χ4v) is 3.08. The lowest BCUT2D eigenvalue weighted by Crippen LogP contribution is -2.37. The fourth-order valence-electron chi connectivity index (χ4n) is 2.56. The molecule has 2 heterocycles. The van der Waals surface area contributed by atoms with Gasteiger partial charge in [0.15, 0.2) is 5.82 Å². The number of nitrogens with zero attached hydrogens (tertiary/aromatic N) is 2. The first-order valence-corrected chi connectivity index (χ1v) is 9.24. The van der Waals surface area contributed by atoms with Crippen molar-refractivity contribution in [2.45, 2.75) is 11.4 Å². The number of nitrogens with one attached hydrogen (secondary N) is 1. The third-order valence-electron chi connectivity index (χ3n) is 3.84. The maximum atomic E-state index is 11.4. The van der Waals surface area contributed by atoms with Gasteiger partial charge in [-0.3, -0.25) is 4.21 Å². The summed E-state index contributed by atoms with van der Waals surface area (Å²) in [4.78, 5) is 7.62. The Bertz CT molecular complexity index is 670. The highest BCUT2D eigenvalue weighted by Crippen LogP contribution is 2.24. The molecule has 0 spiro atoms. The van der Waals surface area contributed by atoms with Gasteiger partial charge < -0.3 is 15.0 Å². The Morgan fingerprint density at radius 2 is 1.96 bits per heavy atom. The zero-order chi connectivity index (χ0) is 16.1. The topological polar surface area (TPSA) is 54.5 Å². The smallest absolute Gasteiger partial charge is 0.152 e. The summed E-state index contributed by atoms with van der Waals surface area (Å²) in [6.07, 6.45) is 3.51. The number of hydrogen-bond donors (Lipinski definition) is 1. The minimum absolute atomic E-state index is 0.708. The van der Waals surface area contributed by atoms with Crippen LogP contribution in [0.1, 0.15) is 5.56 Å². The van der Waals surface area contributed by atoms with Crippen LogP contribution in [0.25, 0.3) is 0 Å². The first kappa shape index (κ1) is 16.0. The standard InChI is InChI=1S/C17H21N3O2S/c1-23(21)15-6-4-14(5-7-15)13-19-16-3-2-8-18-17(16)20-9-11-22-12-10-20/h2-8,19H,9-13H2,1H3/t23-/m1/s1. The van der Waals surface area contributed by atoms with Gasteiger partial charge in [-0.1, -0.05) is 12.1 Å². The molecule has 1 fully saturated rings. The summed E-state index contributed by atoms with van der Waals surface area (Å²) < 4.78 is 16.8. The first-order valence-electron chi connectivity index (χ1n) is 7.68. The highest BCUT2D eigenvalue weighted by atomic mass is 32.2. The number of aromatic nitrogens is 1. The van der Waals surface area contributed by atoms with Gasteiger partial charge in [0.1, 0.15) is 0 Å². The third kappa shape index (κ3) is 4.09. The summed E-state index contributed by atoms with van der Waals surface area (Å²) >= 11 is 0. The number of pyridine rings is 1. The molecule has 0 unspecified atom stereocenters. The van der Waals surface area contributed by atoms with E-state index in [9.17, 15) is 4.21 Å². The van der Waals surface area contributed by atoms with Gasteiger partial charge in [0, 0.05) is 47.8 Å². The molecule has 5 nitrogen and oxygen atoms in total. The molecule has 1 aliphatic rings. The van der Waals surface area contributed by atoms with Crippen LogP contribution in [0.15, 0.2) is 47.5 Å². The lowest BCUT2D eigenvalue weighted by atomic mass is 10.2. The highest BCUT2D eigenvalue weighted by molar-refractivity contribution is 7.84. The van der Waals surface area contributed by atoms with Crippen LogP contribution in [0.4, 0.5) is 11.5 Å². The molecule has 0 radical (unpaired) electrons. The number of morpholine rings is 1. The lowest BCUT2D eigenvalue weighted by molar-refractivity contribution is 0.122. The van der Waals surface area contributed by atoms with Gasteiger partial charge in [-0.25, -0.2) is 4.98 Å². The predicted octanol–water partition coefficient (Wildman–Crippen LogP) is 2.27. The summed E-state index contributed by atoms with van der Waals surface area (Å²) in [5.74, 6) is 0.974. The molecule has 1 aliphatic heterocycles. The second-order valence-corrected chi connectivity index (χ2v) is 6.81. The van der Waals surface area contributed by atoms with Gasteiger partial charge >= 0.3 is 0 Å². The molecule has 0 aliphatic carbocycles. The number of rotatable bonds is 5. The van der Waals surface area contributed by atoms with Gasteiger partial charge in [-0.05, 0) is 29.8 Å². The molecule has 0 bridgehead atoms. The molecular formula is C17H21N3O2S. The van der Waals surface area contributed by atoms with E-state index in [1.165, 1.54) is 0 Å². The Labute approximate surface area is 139 Å². The maximum absolute atomic E-state index is 11.4. The van der Waals surface area contributed by atoms with Crippen LogP contribution in [-0.2, 0) is 22.1 Å². The van der Waals surface area contributed by atoms with E-state index in [0.717, 1.165) is 48.3 Å². The predicted molar refractivity (Wildman–Crippen MR) is 93.4 cm³/mol. The van der Waals surface area contributed by atoms with E-state index in [1.54, 1.807) is 6.26 Å². The molecule has 122 valence electrons. The lowest BCUT2D eigenvalue weighted by Gasteiger charge is -2.29. The molecule has 1 aromatic carbocycles. The Balaban J connectivity index is 1.69.